The van der Waals surface area contributed by atoms with E-state index in [2.05, 4.69) is 0 Å². The number of aliphatic hydroxyl groups excluding tert-OH is 1. The minimum absolute atomic E-state index is 0.295. The van der Waals surface area contributed by atoms with Crippen molar-refractivity contribution >= 4 is 11.8 Å². The summed E-state index contributed by atoms with van der Waals surface area (Å²) in [6.45, 7) is 0.295. The first kappa shape index (κ1) is 8.37. The molecule has 2 atom stereocenters. The van der Waals surface area contributed by atoms with Crippen LogP contribution in [0.1, 0.15) is 12.8 Å². The van der Waals surface area contributed by atoms with Gasteiger partial charge in [0, 0.05) is 18.4 Å². The third-order valence-electron chi connectivity index (χ3n) is 2.05. The molecule has 0 spiro atoms. The van der Waals surface area contributed by atoms with E-state index in [0.717, 1.165) is 12.2 Å². The monoisotopic (exact) mass is 161 g/mol. The summed E-state index contributed by atoms with van der Waals surface area (Å²) in [5.74, 6) is 2.87. The van der Waals surface area contributed by atoms with E-state index in [1.807, 2.05) is 11.8 Å². The second-order valence-electron chi connectivity index (χ2n) is 2.80. The molecule has 2 unspecified atom stereocenters. The Morgan fingerprint density at radius 2 is 2.40 bits per heavy atom. The summed E-state index contributed by atoms with van der Waals surface area (Å²) in [5, 5.41) is 8.67. The molecule has 2 nitrogen and oxygen atoms in total. The van der Waals surface area contributed by atoms with Gasteiger partial charge < -0.3 is 10.8 Å². The third kappa shape index (κ3) is 2.15. The molecule has 0 amide bonds. The molecule has 1 aliphatic heterocycles. The normalized spacial score (nSPS) is 34.2. The Labute approximate surface area is 66.2 Å². The second-order valence-corrected chi connectivity index (χ2v) is 3.95. The van der Waals surface area contributed by atoms with E-state index in [1.165, 1.54) is 12.2 Å². The van der Waals surface area contributed by atoms with Gasteiger partial charge in [0.05, 0.1) is 0 Å². The molecule has 0 saturated carbocycles. The highest BCUT2D eigenvalue weighted by atomic mass is 32.2. The Kier molecular flexibility index (Phi) is 3.52. The van der Waals surface area contributed by atoms with Gasteiger partial charge in [-0.2, -0.15) is 11.8 Å². The Morgan fingerprint density at radius 3 is 3.00 bits per heavy atom. The molecule has 0 radical (unpaired) electrons. The van der Waals surface area contributed by atoms with E-state index in [1.54, 1.807) is 0 Å². The van der Waals surface area contributed by atoms with E-state index in [-0.39, 0.29) is 0 Å². The van der Waals surface area contributed by atoms with Crippen LogP contribution in [-0.2, 0) is 0 Å². The van der Waals surface area contributed by atoms with Crippen molar-refractivity contribution in [2.45, 2.75) is 18.9 Å². The van der Waals surface area contributed by atoms with Crippen molar-refractivity contribution in [3.05, 3.63) is 0 Å². The molecular formula is C7H15NOS. The second kappa shape index (κ2) is 4.21. The van der Waals surface area contributed by atoms with Crippen molar-refractivity contribution in [3.8, 4) is 0 Å². The molecule has 10 heavy (non-hydrogen) atoms. The SMILES string of the molecule is NC1CSCCC1CCO. The summed E-state index contributed by atoms with van der Waals surface area (Å²) >= 11 is 1.93. The van der Waals surface area contributed by atoms with Crippen molar-refractivity contribution in [3.63, 3.8) is 0 Å². The van der Waals surface area contributed by atoms with Crippen molar-refractivity contribution < 1.29 is 5.11 Å². The average molecular weight is 161 g/mol. The first-order valence-electron chi connectivity index (χ1n) is 3.78. The molecule has 0 aromatic heterocycles. The maximum Gasteiger partial charge on any atom is 0.0434 e. The van der Waals surface area contributed by atoms with Gasteiger partial charge in [-0.3, -0.25) is 0 Å². The lowest BCUT2D eigenvalue weighted by Crippen LogP contribution is -2.36. The summed E-state index contributed by atoms with van der Waals surface area (Å²) < 4.78 is 0. The van der Waals surface area contributed by atoms with Gasteiger partial charge >= 0.3 is 0 Å². The van der Waals surface area contributed by atoms with Crippen LogP contribution in [-0.4, -0.2) is 29.3 Å². The lowest BCUT2D eigenvalue weighted by Gasteiger charge is -2.27. The number of hydrogen-bond donors (Lipinski definition) is 2. The topological polar surface area (TPSA) is 46.2 Å². The fourth-order valence-corrected chi connectivity index (χ4v) is 2.51. The van der Waals surface area contributed by atoms with E-state index in [0.29, 0.717) is 18.6 Å². The zero-order valence-corrected chi connectivity index (χ0v) is 6.94. The van der Waals surface area contributed by atoms with Gasteiger partial charge in [-0.1, -0.05) is 0 Å². The number of nitrogens with two attached hydrogens (primary N) is 1. The molecule has 1 saturated heterocycles. The van der Waals surface area contributed by atoms with E-state index >= 15 is 0 Å². The molecule has 0 bridgehead atoms. The molecule has 0 aliphatic carbocycles. The predicted octanol–water partition coefficient (Wildman–Crippen LogP) is 0.449. The van der Waals surface area contributed by atoms with Gasteiger partial charge in [0.1, 0.15) is 0 Å². The quantitative estimate of drug-likeness (QED) is 0.618. The van der Waals surface area contributed by atoms with Gasteiger partial charge in [0.2, 0.25) is 0 Å². The lowest BCUT2D eigenvalue weighted by atomic mass is 9.95. The highest BCUT2D eigenvalue weighted by molar-refractivity contribution is 7.99. The van der Waals surface area contributed by atoms with Crippen LogP contribution in [0.15, 0.2) is 0 Å². The van der Waals surface area contributed by atoms with Crippen molar-refractivity contribution in [1.29, 1.82) is 0 Å². The summed E-state index contributed by atoms with van der Waals surface area (Å²) in [5.41, 5.74) is 5.83. The van der Waals surface area contributed by atoms with Gasteiger partial charge in [-0.15, -0.1) is 0 Å². The van der Waals surface area contributed by atoms with Gasteiger partial charge in [0.25, 0.3) is 0 Å². The fraction of sp³-hybridized carbons (Fsp3) is 1.00. The minimum Gasteiger partial charge on any atom is -0.396 e. The van der Waals surface area contributed by atoms with Crippen LogP contribution in [0.25, 0.3) is 0 Å². The Morgan fingerprint density at radius 1 is 1.60 bits per heavy atom. The summed E-state index contributed by atoms with van der Waals surface area (Å²) in [7, 11) is 0. The van der Waals surface area contributed by atoms with Crippen LogP contribution >= 0.6 is 11.8 Å². The number of rotatable bonds is 2. The summed E-state index contributed by atoms with van der Waals surface area (Å²) in [4.78, 5) is 0. The minimum atomic E-state index is 0.295. The predicted molar refractivity (Wildman–Crippen MR) is 45.1 cm³/mol. The molecule has 3 heteroatoms. The largest absolute Gasteiger partial charge is 0.396 e. The Balaban J connectivity index is 2.25. The summed E-state index contributed by atoms with van der Waals surface area (Å²) in [6, 6.07) is 0.325. The van der Waals surface area contributed by atoms with Crippen molar-refractivity contribution in [1.82, 2.24) is 0 Å². The molecule has 0 aromatic rings. The van der Waals surface area contributed by atoms with Crippen molar-refractivity contribution in [2.75, 3.05) is 18.1 Å². The smallest absolute Gasteiger partial charge is 0.0434 e. The first-order chi connectivity index (χ1) is 4.84. The van der Waals surface area contributed by atoms with E-state index in [9.17, 15) is 0 Å². The summed E-state index contributed by atoms with van der Waals surface area (Å²) in [6.07, 6.45) is 2.08. The van der Waals surface area contributed by atoms with Gasteiger partial charge in [-0.05, 0) is 24.5 Å². The number of aliphatic hydroxyl groups is 1. The maximum atomic E-state index is 8.67. The van der Waals surface area contributed by atoms with Crippen LogP contribution in [0.5, 0.6) is 0 Å². The van der Waals surface area contributed by atoms with Crippen LogP contribution < -0.4 is 5.73 Å². The fourth-order valence-electron chi connectivity index (χ4n) is 1.33. The van der Waals surface area contributed by atoms with Gasteiger partial charge in [0.15, 0.2) is 0 Å². The molecule has 1 rings (SSSR count). The van der Waals surface area contributed by atoms with Crippen LogP contribution in [0, 0.1) is 5.92 Å². The third-order valence-corrected chi connectivity index (χ3v) is 3.19. The van der Waals surface area contributed by atoms with Crippen LogP contribution in [0.3, 0.4) is 0 Å². The van der Waals surface area contributed by atoms with Crippen LogP contribution in [0.4, 0.5) is 0 Å². The lowest BCUT2D eigenvalue weighted by molar-refractivity contribution is 0.242. The highest BCUT2D eigenvalue weighted by Gasteiger charge is 2.20. The Bertz CT molecular complexity index is 97.6. The standard InChI is InChI=1S/C7H15NOS/c8-7-5-10-4-2-6(7)1-3-9/h6-7,9H,1-5,8H2. The first-order valence-corrected chi connectivity index (χ1v) is 4.94. The Hall–Kier alpha value is 0.270. The number of hydrogen-bond acceptors (Lipinski definition) is 3. The average Bonchev–Trinajstić information content (AvgIpc) is 1.94. The molecule has 1 fully saturated rings. The van der Waals surface area contributed by atoms with Gasteiger partial charge in [-0.25, -0.2) is 0 Å². The molecule has 1 heterocycles. The van der Waals surface area contributed by atoms with E-state index < -0.39 is 0 Å². The number of thioether (sulfide) groups is 1. The van der Waals surface area contributed by atoms with Crippen molar-refractivity contribution in [2.24, 2.45) is 11.7 Å². The molecule has 1 aliphatic rings. The molecule has 3 N–H and O–H groups in total. The molecule has 60 valence electrons. The van der Waals surface area contributed by atoms with Crippen LogP contribution in [0.2, 0.25) is 0 Å². The highest BCUT2D eigenvalue weighted by Crippen LogP contribution is 2.23. The zero-order chi connectivity index (χ0) is 7.40. The molecule has 0 aromatic carbocycles. The molecular weight excluding hydrogens is 146 g/mol. The van der Waals surface area contributed by atoms with E-state index in [4.69, 9.17) is 10.8 Å². The zero-order valence-electron chi connectivity index (χ0n) is 6.12. The maximum absolute atomic E-state index is 8.67.